The lowest BCUT2D eigenvalue weighted by Gasteiger charge is -2.08. The van der Waals surface area contributed by atoms with E-state index in [0.29, 0.717) is 0 Å². The molecule has 9 heteroatoms. The first-order chi connectivity index (χ1) is 17.5. The van der Waals surface area contributed by atoms with Crippen molar-refractivity contribution in [3.05, 3.63) is 109 Å². The van der Waals surface area contributed by atoms with Gasteiger partial charge >= 0.3 is 5.51 Å². The zero-order chi connectivity index (χ0) is 26.8. The number of pyridine rings is 2. The molecule has 0 bridgehead atoms. The zero-order valence-corrected chi connectivity index (χ0v) is 20.3. The average molecular weight is 524 g/mol. The number of fused-ring (bicyclic) bond motifs is 3. The van der Waals surface area contributed by atoms with Gasteiger partial charge in [0.15, 0.2) is 15.9 Å². The molecule has 0 atom stereocenters. The lowest BCUT2D eigenvalue weighted by Crippen LogP contribution is -2.28. The number of hydrogen-bond acceptors (Lipinski definition) is 4. The van der Waals surface area contributed by atoms with E-state index in [1.165, 1.54) is 16.3 Å². The van der Waals surface area contributed by atoms with Crippen LogP contribution in [0.3, 0.4) is 0 Å². The number of carbonyl (C=O) groups excluding carboxylic acids is 1. The van der Waals surface area contributed by atoms with Crippen LogP contribution in [-0.4, -0.2) is 24.3 Å². The quantitative estimate of drug-likeness (QED) is 0.0932. The third-order valence-corrected chi connectivity index (χ3v) is 6.27. The van der Waals surface area contributed by atoms with E-state index in [4.69, 9.17) is 13.0 Å². The third-order valence-electron chi connectivity index (χ3n) is 5.70. The highest BCUT2D eigenvalue weighted by atomic mass is 32.2. The second-order valence-corrected chi connectivity index (χ2v) is 9.52. The van der Waals surface area contributed by atoms with Gasteiger partial charge in [-0.2, -0.15) is 17.6 Å². The number of alkyl halides is 3. The molecule has 5 rings (SSSR count). The first-order valence-electron chi connectivity index (χ1n) is 11.0. The second-order valence-electron chi connectivity index (χ2n) is 8.15. The average Bonchev–Trinajstić information content (AvgIpc) is 2.87. The van der Waals surface area contributed by atoms with Crippen LogP contribution in [0.5, 0.6) is 0 Å². The van der Waals surface area contributed by atoms with Crippen molar-refractivity contribution in [2.75, 3.05) is 0 Å². The smallest absolute Gasteiger partial charge is 0.485 e. The molecular formula is C28H20F3NO4S. The summed E-state index contributed by atoms with van der Waals surface area (Å²) in [6.07, 6.45) is 0. The molecule has 0 N–H and O–H groups in total. The maximum atomic E-state index is 11.7. The van der Waals surface area contributed by atoms with Crippen LogP contribution in [0, 0.1) is 0 Å². The van der Waals surface area contributed by atoms with Gasteiger partial charge in [-0.25, -0.2) is 8.42 Å². The van der Waals surface area contributed by atoms with E-state index in [1.54, 1.807) is 6.92 Å². The van der Waals surface area contributed by atoms with E-state index in [1.807, 2.05) is 30.3 Å². The topological polar surface area (TPSA) is 78.4 Å². The zero-order valence-electron chi connectivity index (χ0n) is 19.4. The summed E-state index contributed by atoms with van der Waals surface area (Å²) >= 11 is 0. The summed E-state index contributed by atoms with van der Waals surface area (Å²) in [4.78, 5) is 11.7. The Hall–Kier alpha value is -4.08. The molecule has 188 valence electrons. The van der Waals surface area contributed by atoms with Crippen molar-refractivity contribution in [1.29, 1.82) is 0 Å². The van der Waals surface area contributed by atoms with Gasteiger partial charge in [-0.3, -0.25) is 4.79 Å². The standard InChI is InChI=1S/C27H20NO.CHF3O3S/c1-19(29)20-14-16-22(17-15-20)25-12-7-13-26-24-11-6-5-10-23(24)18-27(28(25)26)21-8-3-2-4-9-21;2-1(3,4)8(5,6)7/h2-18H,1H3;(H,5,6,7)/q+1;/p-1. The molecule has 5 aromatic rings. The van der Waals surface area contributed by atoms with Crippen LogP contribution in [0.15, 0.2) is 103 Å². The van der Waals surface area contributed by atoms with Crippen LogP contribution in [0.25, 0.3) is 38.8 Å². The first kappa shape index (κ1) is 26.0. The summed E-state index contributed by atoms with van der Waals surface area (Å²) in [5.41, 5.74) is 0.738. The molecular weight excluding hydrogens is 503 g/mol. The van der Waals surface area contributed by atoms with Crippen molar-refractivity contribution in [3.63, 3.8) is 0 Å². The fourth-order valence-electron chi connectivity index (χ4n) is 3.97. The van der Waals surface area contributed by atoms with Gasteiger partial charge in [0.05, 0.1) is 5.39 Å². The number of aromatic nitrogens is 1. The molecule has 0 amide bonds. The van der Waals surface area contributed by atoms with Gasteiger partial charge in [0, 0.05) is 34.9 Å². The van der Waals surface area contributed by atoms with Crippen molar-refractivity contribution in [2.24, 2.45) is 0 Å². The highest BCUT2D eigenvalue weighted by Gasteiger charge is 2.36. The molecule has 0 radical (unpaired) electrons. The van der Waals surface area contributed by atoms with Crippen molar-refractivity contribution >= 4 is 32.2 Å². The van der Waals surface area contributed by atoms with E-state index in [-0.39, 0.29) is 5.78 Å². The highest BCUT2D eigenvalue weighted by molar-refractivity contribution is 7.86. The van der Waals surface area contributed by atoms with Crippen LogP contribution in [0.2, 0.25) is 0 Å². The van der Waals surface area contributed by atoms with Gasteiger partial charge in [0.2, 0.25) is 16.9 Å². The molecule has 2 heterocycles. The summed E-state index contributed by atoms with van der Waals surface area (Å²) < 4.78 is 61.2. The van der Waals surface area contributed by atoms with E-state index in [9.17, 15) is 18.0 Å². The summed E-state index contributed by atoms with van der Waals surface area (Å²) in [5.74, 6) is 0.0816. The molecule has 0 aliphatic heterocycles. The number of carbonyl (C=O) groups is 1. The molecule has 5 nitrogen and oxygen atoms in total. The second kappa shape index (κ2) is 10.1. The van der Waals surface area contributed by atoms with Gasteiger partial charge in [0.25, 0.3) is 0 Å². The molecule has 0 unspecified atom stereocenters. The number of Topliss-reactive ketones (excluding diaryl/α,β-unsaturated/α-hetero) is 1. The minimum absolute atomic E-state index is 0.0816. The predicted octanol–water partition coefficient (Wildman–Crippen LogP) is 6.17. The van der Waals surface area contributed by atoms with Crippen LogP contribution in [0.1, 0.15) is 17.3 Å². The fourth-order valence-corrected chi connectivity index (χ4v) is 3.97. The van der Waals surface area contributed by atoms with Gasteiger partial charge in [-0.15, -0.1) is 0 Å². The van der Waals surface area contributed by atoms with Crippen molar-refractivity contribution in [1.82, 2.24) is 0 Å². The molecule has 0 aliphatic rings. The van der Waals surface area contributed by atoms with Crippen LogP contribution in [0.4, 0.5) is 13.2 Å². The molecule has 0 saturated carbocycles. The normalized spacial score (nSPS) is 11.7. The Balaban J connectivity index is 0.000000349. The van der Waals surface area contributed by atoms with Gasteiger partial charge in [-0.05, 0) is 48.7 Å². The minimum atomic E-state index is -6.09. The number of benzene rings is 3. The molecule has 0 spiro atoms. The monoisotopic (exact) mass is 523 g/mol. The van der Waals surface area contributed by atoms with E-state index >= 15 is 0 Å². The number of halogens is 3. The Labute approximate surface area is 211 Å². The van der Waals surface area contributed by atoms with Gasteiger partial charge in [-0.1, -0.05) is 48.5 Å². The predicted molar refractivity (Wildman–Crippen MR) is 134 cm³/mol. The van der Waals surface area contributed by atoms with E-state index in [0.717, 1.165) is 28.0 Å². The SMILES string of the molecule is CC(=O)c1ccc(-c2cccc3c4ccccc4cc(-c4ccccc4)[n+]23)cc1.O=S(=O)([O-])C(F)(F)F. The van der Waals surface area contributed by atoms with Crippen LogP contribution < -0.4 is 4.40 Å². The fraction of sp³-hybridized carbons (Fsp3) is 0.0714. The van der Waals surface area contributed by atoms with E-state index < -0.39 is 15.6 Å². The van der Waals surface area contributed by atoms with Crippen LogP contribution >= 0.6 is 0 Å². The van der Waals surface area contributed by atoms with Gasteiger partial charge < -0.3 is 4.55 Å². The van der Waals surface area contributed by atoms with Crippen molar-refractivity contribution < 1.29 is 35.3 Å². The molecule has 0 saturated heterocycles. The summed E-state index contributed by atoms with van der Waals surface area (Å²) in [6, 6.07) is 35.5. The summed E-state index contributed by atoms with van der Waals surface area (Å²) in [7, 11) is -6.09. The Morgan fingerprint density at radius 3 is 1.92 bits per heavy atom. The van der Waals surface area contributed by atoms with E-state index in [2.05, 4.69) is 77.2 Å². The maximum absolute atomic E-state index is 11.7. The maximum Gasteiger partial charge on any atom is 0.485 e. The van der Waals surface area contributed by atoms with Crippen molar-refractivity contribution in [2.45, 2.75) is 12.4 Å². The summed E-state index contributed by atoms with van der Waals surface area (Å²) in [5, 5.41) is 2.44. The number of nitrogens with zero attached hydrogens (tertiary/aromatic N) is 1. The third kappa shape index (κ3) is 5.52. The lowest BCUT2D eigenvalue weighted by molar-refractivity contribution is -0.485. The van der Waals surface area contributed by atoms with Crippen molar-refractivity contribution in [3.8, 4) is 22.5 Å². The van der Waals surface area contributed by atoms with Gasteiger partial charge in [0.1, 0.15) is 0 Å². The summed E-state index contributed by atoms with van der Waals surface area (Å²) in [6.45, 7) is 1.60. The first-order valence-corrected chi connectivity index (χ1v) is 12.4. The minimum Gasteiger partial charge on any atom is -0.741 e. The molecule has 0 aliphatic carbocycles. The molecule has 37 heavy (non-hydrogen) atoms. The number of rotatable bonds is 3. The number of hydrogen-bond donors (Lipinski definition) is 0. The molecule has 0 fully saturated rings. The Bertz CT molecular complexity index is 1700. The highest BCUT2D eigenvalue weighted by Crippen LogP contribution is 2.27. The Kier molecular flexibility index (Phi) is 7.11. The Morgan fingerprint density at radius 1 is 0.757 bits per heavy atom. The lowest BCUT2D eigenvalue weighted by atomic mass is 10.0. The molecule has 3 aromatic carbocycles. The largest absolute Gasteiger partial charge is 0.741 e. The molecule has 2 aromatic heterocycles. The van der Waals surface area contributed by atoms with Crippen LogP contribution in [-0.2, 0) is 10.1 Å². The number of ketones is 1. The Morgan fingerprint density at radius 2 is 1.32 bits per heavy atom.